The fourth-order valence-electron chi connectivity index (χ4n) is 1.46. The zero-order chi connectivity index (χ0) is 8.97. The minimum Gasteiger partial charge on any atom is -0.310 e. The molecule has 1 aliphatic carbocycles. The van der Waals surface area contributed by atoms with E-state index in [2.05, 4.69) is 25.7 Å². The van der Waals surface area contributed by atoms with Crippen LogP contribution >= 0.6 is 0 Å². The zero-order valence-electron chi connectivity index (χ0n) is 8.40. The van der Waals surface area contributed by atoms with Crippen molar-refractivity contribution >= 4 is 0 Å². The molecule has 1 aliphatic rings. The normalized spacial score (nSPS) is 19.2. The van der Waals surface area contributed by atoms with Gasteiger partial charge < -0.3 is 5.32 Å². The van der Waals surface area contributed by atoms with Gasteiger partial charge in [-0.05, 0) is 32.2 Å². The van der Waals surface area contributed by atoms with Crippen molar-refractivity contribution in [1.82, 2.24) is 5.32 Å². The van der Waals surface area contributed by atoms with Gasteiger partial charge in [0.05, 0.1) is 0 Å². The summed E-state index contributed by atoms with van der Waals surface area (Å²) in [7, 11) is 0. The highest BCUT2D eigenvalue weighted by Crippen LogP contribution is 2.34. The van der Waals surface area contributed by atoms with Crippen LogP contribution < -0.4 is 5.32 Å². The van der Waals surface area contributed by atoms with Crippen molar-refractivity contribution in [3.63, 3.8) is 0 Å². The highest BCUT2D eigenvalue weighted by Gasteiger charge is 2.25. The van der Waals surface area contributed by atoms with Gasteiger partial charge in [-0.2, -0.15) is 0 Å². The van der Waals surface area contributed by atoms with E-state index in [0.717, 1.165) is 12.5 Å². The molecule has 70 valence electrons. The summed E-state index contributed by atoms with van der Waals surface area (Å²) < 4.78 is 0. The minimum atomic E-state index is 0.581. The minimum absolute atomic E-state index is 0.581. The van der Waals surface area contributed by atoms with Crippen molar-refractivity contribution in [2.75, 3.05) is 6.54 Å². The average molecular weight is 167 g/mol. The fourth-order valence-corrected chi connectivity index (χ4v) is 1.46. The first-order valence-corrected chi connectivity index (χ1v) is 5.12. The van der Waals surface area contributed by atoms with Crippen LogP contribution in [0.1, 0.15) is 39.5 Å². The van der Waals surface area contributed by atoms with Gasteiger partial charge in [-0.15, -0.1) is 0 Å². The summed E-state index contributed by atoms with van der Waals surface area (Å²) in [5, 5.41) is 3.54. The molecule has 0 heterocycles. The Morgan fingerprint density at radius 2 is 2.25 bits per heavy atom. The van der Waals surface area contributed by atoms with Crippen molar-refractivity contribution < 1.29 is 0 Å². The number of rotatable bonds is 6. The second-order valence-electron chi connectivity index (χ2n) is 4.03. The summed E-state index contributed by atoms with van der Waals surface area (Å²) >= 11 is 0. The van der Waals surface area contributed by atoms with Crippen LogP contribution in [0.5, 0.6) is 0 Å². The molecule has 0 aromatic heterocycles. The molecule has 1 N–H and O–H groups in total. The predicted octanol–water partition coefficient (Wildman–Crippen LogP) is 2.73. The Morgan fingerprint density at radius 3 is 2.67 bits per heavy atom. The molecule has 0 aromatic carbocycles. The summed E-state index contributed by atoms with van der Waals surface area (Å²) in [5.74, 6) is 0.996. The Bertz CT molecular complexity index is 147. The van der Waals surface area contributed by atoms with Crippen molar-refractivity contribution in [3.05, 3.63) is 12.2 Å². The molecule has 1 nitrogen and oxygen atoms in total. The molecule has 1 atom stereocenters. The first-order chi connectivity index (χ1) is 5.74. The van der Waals surface area contributed by atoms with E-state index < -0.39 is 0 Å². The summed E-state index contributed by atoms with van der Waals surface area (Å²) in [5.41, 5.74) is 1.30. The molecule has 12 heavy (non-hydrogen) atoms. The Kier molecular flexibility index (Phi) is 3.80. The molecular formula is C11H21N. The lowest BCUT2D eigenvalue weighted by molar-refractivity contribution is 0.507. The van der Waals surface area contributed by atoms with Gasteiger partial charge in [0.15, 0.2) is 0 Å². The summed E-state index contributed by atoms with van der Waals surface area (Å²) in [6, 6.07) is 0.581. The molecule has 0 spiro atoms. The first kappa shape index (κ1) is 9.79. The second-order valence-corrected chi connectivity index (χ2v) is 4.03. The summed E-state index contributed by atoms with van der Waals surface area (Å²) in [6.07, 6.45) is 5.42. The molecule has 0 saturated heterocycles. The first-order valence-electron chi connectivity index (χ1n) is 5.12. The lowest BCUT2D eigenvalue weighted by Crippen LogP contribution is -2.30. The van der Waals surface area contributed by atoms with Crippen LogP contribution in [0.25, 0.3) is 0 Å². The van der Waals surface area contributed by atoms with Crippen LogP contribution in [0.4, 0.5) is 0 Å². The van der Waals surface area contributed by atoms with E-state index in [0.29, 0.717) is 6.04 Å². The maximum atomic E-state index is 4.03. The molecular weight excluding hydrogens is 146 g/mol. The smallest absolute Gasteiger partial charge is 0.0276 e. The van der Waals surface area contributed by atoms with E-state index in [1.165, 1.54) is 31.3 Å². The molecule has 0 aromatic rings. The van der Waals surface area contributed by atoms with Gasteiger partial charge in [0, 0.05) is 6.04 Å². The molecule has 0 bridgehead atoms. The van der Waals surface area contributed by atoms with Gasteiger partial charge in [-0.1, -0.05) is 31.9 Å². The topological polar surface area (TPSA) is 12.0 Å². The number of nitrogens with one attached hydrogen (secondary N) is 1. The van der Waals surface area contributed by atoms with Gasteiger partial charge in [-0.3, -0.25) is 0 Å². The van der Waals surface area contributed by atoms with E-state index in [1.54, 1.807) is 0 Å². The van der Waals surface area contributed by atoms with E-state index in [9.17, 15) is 0 Å². The van der Waals surface area contributed by atoms with E-state index in [4.69, 9.17) is 0 Å². The third-order valence-corrected chi connectivity index (χ3v) is 2.50. The van der Waals surface area contributed by atoms with E-state index >= 15 is 0 Å². The Hall–Kier alpha value is -0.300. The number of hydrogen-bond acceptors (Lipinski definition) is 1. The van der Waals surface area contributed by atoms with Crippen LogP contribution in [0.3, 0.4) is 0 Å². The maximum Gasteiger partial charge on any atom is 0.0276 e. The third-order valence-electron chi connectivity index (χ3n) is 2.50. The number of hydrogen-bond donors (Lipinski definition) is 1. The highest BCUT2D eigenvalue weighted by molar-refractivity contribution is 5.03. The van der Waals surface area contributed by atoms with E-state index in [1.807, 2.05) is 0 Å². The third kappa shape index (κ3) is 3.40. The highest BCUT2D eigenvalue weighted by atomic mass is 14.9. The van der Waals surface area contributed by atoms with Gasteiger partial charge in [0.1, 0.15) is 0 Å². The zero-order valence-corrected chi connectivity index (χ0v) is 8.40. The van der Waals surface area contributed by atoms with Crippen LogP contribution in [0.15, 0.2) is 12.2 Å². The largest absolute Gasteiger partial charge is 0.310 e. The average Bonchev–Trinajstić information content (AvgIpc) is 2.80. The Balaban J connectivity index is 2.21. The van der Waals surface area contributed by atoms with Crippen LogP contribution in [0, 0.1) is 5.92 Å². The lowest BCUT2D eigenvalue weighted by Gasteiger charge is -2.18. The van der Waals surface area contributed by atoms with Crippen LogP contribution in [-0.2, 0) is 0 Å². The Morgan fingerprint density at radius 1 is 1.58 bits per heavy atom. The predicted molar refractivity (Wildman–Crippen MR) is 54.2 cm³/mol. The van der Waals surface area contributed by atoms with Crippen molar-refractivity contribution in [3.8, 4) is 0 Å². The molecule has 1 fully saturated rings. The lowest BCUT2D eigenvalue weighted by atomic mass is 10.0. The molecule has 0 radical (unpaired) electrons. The summed E-state index contributed by atoms with van der Waals surface area (Å²) in [4.78, 5) is 0. The SMILES string of the molecule is C=C(C)C(CC1CC1)NCCC. The molecule has 1 rings (SSSR count). The molecule has 0 aliphatic heterocycles. The second kappa shape index (κ2) is 4.66. The van der Waals surface area contributed by atoms with Gasteiger partial charge in [0.25, 0.3) is 0 Å². The fraction of sp³-hybridized carbons (Fsp3) is 0.818. The van der Waals surface area contributed by atoms with Crippen LogP contribution in [-0.4, -0.2) is 12.6 Å². The van der Waals surface area contributed by atoms with Crippen molar-refractivity contribution in [2.45, 2.75) is 45.6 Å². The standard InChI is InChI=1S/C11H21N/c1-4-7-12-11(9(2)3)8-10-5-6-10/h10-12H,2,4-8H2,1,3H3. The Labute approximate surface area is 76.2 Å². The molecule has 1 heteroatoms. The molecule has 1 unspecified atom stereocenters. The van der Waals surface area contributed by atoms with E-state index in [-0.39, 0.29) is 0 Å². The van der Waals surface area contributed by atoms with Crippen LogP contribution in [0.2, 0.25) is 0 Å². The summed E-state index contributed by atoms with van der Waals surface area (Å²) in [6.45, 7) is 9.50. The molecule has 0 amide bonds. The van der Waals surface area contributed by atoms with Crippen molar-refractivity contribution in [1.29, 1.82) is 0 Å². The monoisotopic (exact) mass is 167 g/mol. The quantitative estimate of drug-likeness (QED) is 0.600. The van der Waals surface area contributed by atoms with Gasteiger partial charge in [-0.25, -0.2) is 0 Å². The van der Waals surface area contributed by atoms with Gasteiger partial charge in [0.2, 0.25) is 0 Å². The molecule has 1 saturated carbocycles. The van der Waals surface area contributed by atoms with Crippen molar-refractivity contribution in [2.24, 2.45) is 5.92 Å². The van der Waals surface area contributed by atoms with Gasteiger partial charge >= 0.3 is 0 Å². The maximum absolute atomic E-state index is 4.03.